The number of aromatic nitrogens is 2. The molecule has 136 valence electrons. The van der Waals surface area contributed by atoms with Gasteiger partial charge in [-0.25, -0.2) is 0 Å². The fraction of sp³-hybridized carbons (Fsp3) is 0.0370. The lowest BCUT2D eigenvalue weighted by Gasteiger charge is -2.06. The molecule has 0 bridgehead atoms. The molecule has 0 aliphatic heterocycles. The third kappa shape index (κ3) is 2.57. The second-order valence-electron chi connectivity index (χ2n) is 7.55. The monoisotopic (exact) mass is 372 g/mol. The average Bonchev–Trinajstić information content (AvgIpc) is 2.79. The van der Waals surface area contributed by atoms with Crippen LogP contribution in [0.2, 0.25) is 0 Å². The molecule has 0 fully saturated rings. The summed E-state index contributed by atoms with van der Waals surface area (Å²) in [7, 11) is 0. The van der Waals surface area contributed by atoms with Crippen LogP contribution in [0.15, 0.2) is 109 Å². The van der Waals surface area contributed by atoms with E-state index in [4.69, 9.17) is 0 Å². The minimum atomic E-state index is 0.761. The first kappa shape index (κ1) is 16.2. The molecule has 2 heterocycles. The van der Waals surface area contributed by atoms with Gasteiger partial charge in [-0.2, -0.15) is 0 Å². The van der Waals surface area contributed by atoms with Gasteiger partial charge in [-0.3, -0.25) is 0 Å². The van der Waals surface area contributed by atoms with Crippen LogP contribution in [0.4, 0.5) is 0 Å². The quantitative estimate of drug-likeness (QED) is 0.285. The smallest absolute Gasteiger partial charge is 0.138 e. The molecule has 0 aliphatic carbocycles. The lowest BCUT2D eigenvalue weighted by molar-refractivity contribution is -0.889. The summed E-state index contributed by atoms with van der Waals surface area (Å²) < 4.78 is 4.72. The van der Waals surface area contributed by atoms with Gasteiger partial charge in [-0.1, -0.05) is 60.7 Å². The van der Waals surface area contributed by atoms with Crippen LogP contribution in [0.25, 0.3) is 43.4 Å². The van der Waals surface area contributed by atoms with Gasteiger partial charge >= 0.3 is 6.67 Å². The Morgan fingerprint density at radius 3 is 1.28 bits per heavy atom. The zero-order valence-electron chi connectivity index (χ0n) is 16.0. The van der Waals surface area contributed by atoms with Crippen molar-refractivity contribution in [2.45, 2.75) is 6.67 Å². The van der Waals surface area contributed by atoms with Gasteiger partial charge in [0, 0.05) is 33.7 Å². The van der Waals surface area contributed by atoms with Crippen LogP contribution in [-0.2, 0) is 6.67 Å². The maximum atomic E-state index is 2.36. The van der Waals surface area contributed by atoms with Crippen molar-refractivity contribution < 1.29 is 9.13 Å². The normalized spacial score (nSPS) is 11.6. The number of pyridine rings is 2. The highest BCUT2D eigenvalue weighted by Crippen LogP contribution is 2.23. The molecule has 0 saturated carbocycles. The average molecular weight is 372 g/mol. The van der Waals surface area contributed by atoms with Crippen LogP contribution >= 0.6 is 0 Å². The summed E-state index contributed by atoms with van der Waals surface area (Å²) in [5, 5.41) is 7.70. The van der Waals surface area contributed by atoms with E-state index in [2.05, 4.69) is 119 Å². The second kappa shape index (κ2) is 6.39. The van der Waals surface area contributed by atoms with E-state index in [0.29, 0.717) is 0 Å². The van der Waals surface area contributed by atoms with E-state index in [9.17, 15) is 0 Å². The molecule has 0 unspecified atom stereocenters. The fourth-order valence-corrected chi connectivity index (χ4v) is 4.49. The minimum Gasteiger partial charge on any atom is -0.138 e. The lowest BCUT2D eigenvalue weighted by atomic mass is 10.1. The molecule has 0 amide bonds. The molecule has 6 aromatic rings. The molecule has 2 aromatic heterocycles. The van der Waals surface area contributed by atoms with E-state index in [0.717, 1.165) is 6.67 Å². The van der Waals surface area contributed by atoms with Gasteiger partial charge in [0.25, 0.3) is 0 Å². The van der Waals surface area contributed by atoms with Crippen molar-refractivity contribution in [3.05, 3.63) is 109 Å². The third-order valence-corrected chi connectivity index (χ3v) is 5.82. The predicted molar refractivity (Wildman–Crippen MR) is 119 cm³/mol. The molecule has 0 aliphatic rings. The molecular formula is C27H20N2+2. The molecule has 2 heteroatoms. The summed E-state index contributed by atoms with van der Waals surface area (Å²) in [6, 6.07) is 34.6. The Bertz CT molecular complexity index is 1420. The molecular weight excluding hydrogens is 352 g/mol. The van der Waals surface area contributed by atoms with Gasteiger partial charge in [0.05, 0.1) is 10.8 Å². The fourth-order valence-electron chi connectivity index (χ4n) is 4.49. The summed E-state index contributed by atoms with van der Waals surface area (Å²) in [6.45, 7) is 0.761. The van der Waals surface area contributed by atoms with Gasteiger partial charge in [0.1, 0.15) is 0 Å². The second-order valence-corrected chi connectivity index (χ2v) is 7.55. The Labute approximate surface area is 168 Å². The highest BCUT2D eigenvalue weighted by atomic mass is 15.1. The maximum Gasteiger partial charge on any atom is 0.344 e. The van der Waals surface area contributed by atoms with Crippen molar-refractivity contribution >= 4 is 43.4 Å². The Balaban J connectivity index is 1.64. The van der Waals surface area contributed by atoms with Crippen molar-refractivity contribution in [1.29, 1.82) is 0 Å². The number of rotatable bonds is 2. The molecule has 29 heavy (non-hydrogen) atoms. The number of fused-ring (bicyclic) bond motifs is 6. The van der Waals surface area contributed by atoms with Crippen molar-refractivity contribution in [2.24, 2.45) is 0 Å². The van der Waals surface area contributed by atoms with E-state index < -0.39 is 0 Å². The summed E-state index contributed by atoms with van der Waals surface area (Å²) in [5.41, 5.74) is 2.49. The minimum absolute atomic E-state index is 0.761. The first-order valence-corrected chi connectivity index (χ1v) is 9.98. The van der Waals surface area contributed by atoms with Crippen molar-refractivity contribution in [1.82, 2.24) is 0 Å². The Morgan fingerprint density at radius 1 is 0.414 bits per heavy atom. The lowest BCUT2D eigenvalue weighted by Crippen LogP contribution is -2.52. The van der Waals surface area contributed by atoms with Crippen LogP contribution in [0.1, 0.15) is 0 Å². The topological polar surface area (TPSA) is 7.76 Å². The van der Waals surface area contributed by atoms with E-state index in [1.54, 1.807) is 0 Å². The highest BCUT2D eigenvalue weighted by molar-refractivity contribution is 6.04. The molecule has 4 aromatic carbocycles. The van der Waals surface area contributed by atoms with E-state index >= 15 is 0 Å². The van der Waals surface area contributed by atoms with Crippen LogP contribution in [0.5, 0.6) is 0 Å². The Kier molecular flexibility index (Phi) is 3.57. The summed E-state index contributed by atoms with van der Waals surface area (Å²) in [4.78, 5) is 0. The highest BCUT2D eigenvalue weighted by Gasteiger charge is 2.20. The molecule has 0 spiro atoms. The Hall–Kier alpha value is -3.78. The number of benzene rings is 4. The zero-order valence-corrected chi connectivity index (χ0v) is 16.0. The first-order chi connectivity index (χ1) is 14.4. The van der Waals surface area contributed by atoms with Gasteiger partial charge in [0.2, 0.25) is 11.0 Å². The maximum absolute atomic E-state index is 2.36. The van der Waals surface area contributed by atoms with Crippen molar-refractivity contribution in [3.63, 3.8) is 0 Å². The first-order valence-electron chi connectivity index (χ1n) is 9.98. The molecule has 0 saturated heterocycles. The van der Waals surface area contributed by atoms with Crippen molar-refractivity contribution in [3.8, 4) is 0 Å². The van der Waals surface area contributed by atoms with Crippen LogP contribution in [0, 0.1) is 0 Å². The van der Waals surface area contributed by atoms with E-state index in [1.165, 1.54) is 43.4 Å². The number of para-hydroxylation sites is 2. The number of nitrogens with zero attached hydrogens (tertiary/aromatic N) is 2. The van der Waals surface area contributed by atoms with Gasteiger partial charge in [-0.15, -0.1) is 9.13 Å². The predicted octanol–water partition coefficient (Wildman–Crippen LogP) is 5.38. The van der Waals surface area contributed by atoms with Crippen LogP contribution in [0.3, 0.4) is 0 Å². The standard InChI is InChI=1S/C27H20N2/c1-3-11-22-20(9-1)17-28(26-15-7-5-13-24(22)26)19-29-18-21-10-2-4-12-23(21)25-14-6-8-16-27(25)29/h1-18H,19H2/q+2. The molecule has 0 atom stereocenters. The molecule has 6 rings (SSSR count). The largest absolute Gasteiger partial charge is 0.344 e. The molecule has 0 N–H and O–H groups in total. The van der Waals surface area contributed by atoms with Gasteiger partial charge in [-0.05, 0) is 24.3 Å². The number of hydrogen-bond donors (Lipinski definition) is 0. The van der Waals surface area contributed by atoms with Crippen LogP contribution in [-0.4, -0.2) is 0 Å². The van der Waals surface area contributed by atoms with Crippen LogP contribution < -0.4 is 9.13 Å². The summed E-state index contributed by atoms with van der Waals surface area (Å²) in [6.07, 6.45) is 4.54. The Morgan fingerprint density at radius 2 is 0.793 bits per heavy atom. The molecule has 2 nitrogen and oxygen atoms in total. The van der Waals surface area contributed by atoms with Crippen molar-refractivity contribution in [2.75, 3.05) is 0 Å². The summed E-state index contributed by atoms with van der Waals surface area (Å²) >= 11 is 0. The summed E-state index contributed by atoms with van der Waals surface area (Å²) in [5.74, 6) is 0. The zero-order chi connectivity index (χ0) is 19.2. The third-order valence-electron chi connectivity index (χ3n) is 5.82. The SMILES string of the molecule is c1ccc2c(c1)c[n+](C[n+]1cc3ccccc3c3ccccc31)c1ccccc21. The van der Waals surface area contributed by atoms with E-state index in [1.807, 2.05) is 0 Å². The van der Waals surface area contributed by atoms with Gasteiger partial charge < -0.3 is 0 Å². The van der Waals surface area contributed by atoms with Gasteiger partial charge in [0.15, 0.2) is 12.4 Å². The molecule has 0 radical (unpaired) electrons. The number of hydrogen-bond acceptors (Lipinski definition) is 0. The van der Waals surface area contributed by atoms with E-state index in [-0.39, 0.29) is 0 Å².